The van der Waals surface area contributed by atoms with Crippen molar-refractivity contribution in [1.82, 2.24) is 10.2 Å². The lowest BCUT2D eigenvalue weighted by molar-refractivity contribution is 0.102. The highest BCUT2D eigenvalue weighted by Crippen LogP contribution is 2.29. The zero-order valence-electron chi connectivity index (χ0n) is 12.1. The Hall–Kier alpha value is -2.86. The molecule has 0 unspecified atom stereocenters. The summed E-state index contributed by atoms with van der Waals surface area (Å²) in [6.07, 6.45) is 0. The van der Waals surface area contributed by atoms with Gasteiger partial charge in [-0.2, -0.15) is 0 Å². The van der Waals surface area contributed by atoms with Crippen molar-refractivity contribution in [3.05, 3.63) is 59.1 Å². The molecule has 0 aliphatic carbocycles. The molecular weight excluding hydrogens is 318 g/mol. The molecule has 0 radical (unpaired) electrons. The smallest absolute Gasteiger partial charge is 0.322 e. The number of ether oxygens (including phenoxy) is 1. The standard InChI is InChI=1S/C16H12ClN3O3/c1-22-13-9-5-3-7-11(13)15-19-20-16(23-15)18-14(21)10-6-2-4-8-12(10)17/h2-9H,1H3,(H,18,20,21). The fourth-order valence-electron chi connectivity index (χ4n) is 2.01. The Balaban J connectivity index is 1.83. The van der Waals surface area contributed by atoms with Gasteiger partial charge >= 0.3 is 6.01 Å². The van der Waals surface area contributed by atoms with Crippen LogP contribution in [-0.2, 0) is 0 Å². The topological polar surface area (TPSA) is 77.3 Å². The number of para-hydroxylation sites is 1. The van der Waals surface area contributed by atoms with Crippen LogP contribution in [0.15, 0.2) is 52.9 Å². The minimum atomic E-state index is -0.425. The second kappa shape index (κ2) is 6.50. The van der Waals surface area contributed by atoms with Gasteiger partial charge in [-0.25, -0.2) is 0 Å². The van der Waals surface area contributed by atoms with Gasteiger partial charge in [-0.3, -0.25) is 10.1 Å². The summed E-state index contributed by atoms with van der Waals surface area (Å²) in [6, 6.07) is 13.9. The largest absolute Gasteiger partial charge is 0.496 e. The minimum Gasteiger partial charge on any atom is -0.496 e. The Labute approximate surface area is 137 Å². The molecule has 3 aromatic rings. The Morgan fingerprint density at radius 3 is 2.65 bits per heavy atom. The number of benzene rings is 2. The van der Waals surface area contributed by atoms with E-state index in [0.29, 0.717) is 21.9 Å². The average molecular weight is 330 g/mol. The summed E-state index contributed by atoms with van der Waals surface area (Å²) in [4.78, 5) is 12.2. The molecule has 1 N–H and O–H groups in total. The third-order valence-corrected chi connectivity index (χ3v) is 3.43. The average Bonchev–Trinajstić information content (AvgIpc) is 3.03. The number of amides is 1. The lowest BCUT2D eigenvalue weighted by Crippen LogP contribution is -2.12. The monoisotopic (exact) mass is 329 g/mol. The molecular formula is C16H12ClN3O3. The van der Waals surface area contributed by atoms with Crippen LogP contribution in [-0.4, -0.2) is 23.2 Å². The van der Waals surface area contributed by atoms with E-state index >= 15 is 0 Å². The number of anilines is 1. The fraction of sp³-hybridized carbons (Fsp3) is 0.0625. The highest BCUT2D eigenvalue weighted by Gasteiger charge is 2.16. The van der Waals surface area contributed by atoms with E-state index in [-0.39, 0.29) is 11.9 Å². The summed E-state index contributed by atoms with van der Waals surface area (Å²) < 4.78 is 10.7. The van der Waals surface area contributed by atoms with E-state index in [4.69, 9.17) is 20.8 Å². The first-order chi connectivity index (χ1) is 11.2. The molecule has 0 aliphatic heterocycles. The van der Waals surface area contributed by atoms with Gasteiger partial charge in [-0.05, 0) is 24.3 Å². The summed E-state index contributed by atoms with van der Waals surface area (Å²) in [5.41, 5.74) is 0.965. The molecule has 0 bridgehead atoms. The molecule has 0 aliphatic rings. The van der Waals surface area contributed by atoms with Crippen molar-refractivity contribution in [2.24, 2.45) is 0 Å². The van der Waals surface area contributed by atoms with E-state index in [0.717, 1.165) is 0 Å². The molecule has 3 rings (SSSR count). The summed E-state index contributed by atoms with van der Waals surface area (Å²) in [6.45, 7) is 0. The van der Waals surface area contributed by atoms with E-state index in [1.54, 1.807) is 43.5 Å². The van der Waals surface area contributed by atoms with Gasteiger partial charge in [0.2, 0.25) is 0 Å². The number of aromatic nitrogens is 2. The van der Waals surface area contributed by atoms with Crippen molar-refractivity contribution < 1.29 is 13.9 Å². The van der Waals surface area contributed by atoms with Crippen LogP contribution in [0.1, 0.15) is 10.4 Å². The molecule has 1 amide bonds. The molecule has 0 saturated carbocycles. The molecule has 0 fully saturated rings. The van der Waals surface area contributed by atoms with Crippen LogP contribution in [0.5, 0.6) is 5.75 Å². The molecule has 23 heavy (non-hydrogen) atoms. The zero-order chi connectivity index (χ0) is 16.2. The molecule has 0 spiro atoms. The van der Waals surface area contributed by atoms with Crippen molar-refractivity contribution in [3.8, 4) is 17.2 Å². The van der Waals surface area contributed by atoms with E-state index < -0.39 is 5.91 Å². The van der Waals surface area contributed by atoms with Gasteiger partial charge in [0.05, 0.1) is 23.3 Å². The van der Waals surface area contributed by atoms with Crippen molar-refractivity contribution in [2.75, 3.05) is 12.4 Å². The lowest BCUT2D eigenvalue weighted by atomic mass is 10.2. The normalized spacial score (nSPS) is 10.3. The van der Waals surface area contributed by atoms with E-state index in [1.807, 2.05) is 12.1 Å². The number of methoxy groups -OCH3 is 1. The number of hydrogen-bond donors (Lipinski definition) is 1. The molecule has 7 heteroatoms. The maximum atomic E-state index is 12.2. The number of hydrogen-bond acceptors (Lipinski definition) is 5. The number of carbonyl (C=O) groups excluding carboxylic acids is 1. The first-order valence-electron chi connectivity index (χ1n) is 6.72. The first kappa shape index (κ1) is 15.1. The van der Waals surface area contributed by atoms with Crippen LogP contribution >= 0.6 is 11.6 Å². The molecule has 1 heterocycles. The lowest BCUT2D eigenvalue weighted by Gasteiger charge is -2.04. The van der Waals surface area contributed by atoms with Gasteiger partial charge in [0.1, 0.15) is 5.75 Å². The van der Waals surface area contributed by atoms with Gasteiger partial charge in [0.15, 0.2) is 0 Å². The Bertz CT molecular complexity index is 848. The summed E-state index contributed by atoms with van der Waals surface area (Å²) in [7, 11) is 1.55. The number of nitrogens with zero attached hydrogens (tertiary/aromatic N) is 2. The highest BCUT2D eigenvalue weighted by molar-refractivity contribution is 6.34. The third kappa shape index (κ3) is 3.17. The summed E-state index contributed by atoms with van der Waals surface area (Å²) in [5, 5.41) is 10.6. The fourth-order valence-corrected chi connectivity index (χ4v) is 2.24. The maximum absolute atomic E-state index is 12.2. The molecule has 116 valence electrons. The van der Waals surface area contributed by atoms with Crippen molar-refractivity contribution in [2.45, 2.75) is 0 Å². The summed E-state index contributed by atoms with van der Waals surface area (Å²) >= 11 is 5.98. The minimum absolute atomic E-state index is 0.0178. The molecule has 6 nitrogen and oxygen atoms in total. The predicted molar refractivity (Wildman–Crippen MR) is 85.7 cm³/mol. The Kier molecular flexibility index (Phi) is 4.25. The number of nitrogens with one attached hydrogen (secondary N) is 1. The van der Waals surface area contributed by atoms with E-state index in [1.165, 1.54) is 0 Å². The van der Waals surface area contributed by atoms with Crippen molar-refractivity contribution >= 4 is 23.5 Å². The predicted octanol–water partition coefficient (Wildman–Crippen LogP) is 3.65. The SMILES string of the molecule is COc1ccccc1-c1nnc(NC(=O)c2ccccc2Cl)o1. The van der Waals surface area contributed by atoms with Crippen molar-refractivity contribution in [3.63, 3.8) is 0 Å². The van der Waals surface area contributed by atoms with Crippen LogP contribution in [0.2, 0.25) is 5.02 Å². The summed E-state index contributed by atoms with van der Waals surface area (Å²) in [5.74, 6) is 0.419. The Morgan fingerprint density at radius 2 is 1.87 bits per heavy atom. The highest BCUT2D eigenvalue weighted by atomic mass is 35.5. The number of carbonyl (C=O) groups is 1. The van der Waals surface area contributed by atoms with E-state index in [2.05, 4.69) is 15.5 Å². The molecule has 0 atom stereocenters. The maximum Gasteiger partial charge on any atom is 0.322 e. The van der Waals surface area contributed by atoms with Crippen LogP contribution in [0.3, 0.4) is 0 Å². The van der Waals surface area contributed by atoms with E-state index in [9.17, 15) is 4.79 Å². The quantitative estimate of drug-likeness (QED) is 0.790. The third-order valence-electron chi connectivity index (χ3n) is 3.10. The molecule has 2 aromatic carbocycles. The molecule has 0 saturated heterocycles. The van der Waals surface area contributed by atoms with Gasteiger partial charge in [-0.1, -0.05) is 41.0 Å². The number of rotatable bonds is 4. The first-order valence-corrected chi connectivity index (χ1v) is 7.09. The van der Waals surface area contributed by atoms with Crippen LogP contribution < -0.4 is 10.1 Å². The Morgan fingerprint density at radius 1 is 1.13 bits per heavy atom. The van der Waals surface area contributed by atoms with Gasteiger partial charge < -0.3 is 9.15 Å². The van der Waals surface area contributed by atoms with Gasteiger partial charge in [0.25, 0.3) is 11.8 Å². The van der Waals surface area contributed by atoms with Gasteiger partial charge in [0, 0.05) is 0 Å². The second-order valence-corrected chi connectivity index (χ2v) is 4.95. The van der Waals surface area contributed by atoms with Gasteiger partial charge in [-0.15, -0.1) is 5.10 Å². The number of halogens is 1. The zero-order valence-corrected chi connectivity index (χ0v) is 12.9. The second-order valence-electron chi connectivity index (χ2n) is 4.55. The van der Waals surface area contributed by atoms with Crippen molar-refractivity contribution in [1.29, 1.82) is 0 Å². The molecule has 1 aromatic heterocycles. The van der Waals surface area contributed by atoms with Crippen LogP contribution in [0, 0.1) is 0 Å². The van der Waals surface area contributed by atoms with Crippen LogP contribution in [0.25, 0.3) is 11.5 Å². The van der Waals surface area contributed by atoms with Crippen LogP contribution in [0.4, 0.5) is 6.01 Å².